The monoisotopic (exact) mass is 211 g/mol. The number of hydrogen-bond donors (Lipinski definition) is 0. The molecule has 0 aromatic rings. The van der Waals surface area contributed by atoms with Crippen LogP contribution in [-0.2, 0) is 0 Å². The molecule has 14 heavy (non-hydrogen) atoms. The number of thioether (sulfide) groups is 1. The third kappa shape index (κ3) is 3.92. The van der Waals surface area contributed by atoms with E-state index < -0.39 is 0 Å². The molecule has 2 unspecified atom stereocenters. The normalized spacial score (nSPS) is 27.1. The van der Waals surface area contributed by atoms with E-state index in [0.717, 1.165) is 6.42 Å². The Kier molecular flexibility index (Phi) is 6.10. The highest BCUT2D eigenvalue weighted by molar-refractivity contribution is 7.99. The van der Waals surface area contributed by atoms with Crippen molar-refractivity contribution in [1.29, 1.82) is 5.26 Å². The van der Waals surface area contributed by atoms with Gasteiger partial charge in [-0.25, -0.2) is 0 Å². The van der Waals surface area contributed by atoms with Gasteiger partial charge < -0.3 is 0 Å². The molecule has 0 heterocycles. The Labute approximate surface area is 92.3 Å². The average molecular weight is 211 g/mol. The van der Waals surface area contributed by atoms with Crippen LogP contribution in [0.1, 0.15) is 51.9 Å². The molecular formula is C12H21NS. The fourth-order valence-electron chi connectivity index (χ4n) is 2.03. The third-order valence-corrected chi connectivity index (χ3v) is 4.46. The lowest BCUT2D eigenvalue weighted by molar-refractivity contribution is 0.439. The van der Waals surface area contributed by atoms with Gasteiger partial charge in [-0.05, 0) is 25.0 Å². The molecule has 0 bridgehead atoms. The van der Waals surface area contributed by atoms with Gasteiger partial charge in [0.05, 0.1) is 12.0 Å². The van der Waals surface area contributed by atoms with Crippen LogP contribution < -0.4 is 0 Å². The number of unbranched alkanes of at least 4 members (excludes halogenated alkanes) is 2. The van der Waals surface area contributed by atoms with Gasteiger partial charge in [0.15, 0.2) is 0 Å². The Morgan fingerprint density at radius 1 is 1.29 bits per heavy atom. The van der Waals surface area contributed by atoms with Crippen molar-refractivity contribution in [2.24, 2.45) is 5.92 Å². The minimum Gasteiger partial charge on any atom is -0.198 e. The summed E-state index contributed by atoms with van der Waals surface area (Å²) in [4.78, 5) is 0. The molecule has 0 aliphatic heterocycles. The van der Waals surface area contributed by atoms with Gasteiger partial charge >= 0.3 is 0 Å². The van der Waals surface area contributed by atoms with Crippen LogP contribution in [0.3, 0.4) is 0 Å². The number of nitrogens with zero attached hydrogens (tertiary/aromatic N) is 1. The van der Waals surface area contributed by atoms with E-state index in [1.165, 1.54) is 44.3 Å². The van der Waals surface area contributed by atoms with Crippen molar-refractivity contribution in [3.05, 3.63) is 0 Å². The lowest BCUT2D eigenvalue weighted by Gasteiger charge is -2.26. The maximum atomic E-state index is 9.00. The molecule has 80 valence electrons. The summed E-state index contributed by atoms with van der Waals surface area (Å²) < 4.78 is 0. The maximum absolute atomic E-state index is 9.00. The van der Waals surface area contributed by atoms with Gasteiger partial charge in [-0.2, -0.15) is 17.0 Å². The van der Waals surface area contributed by atoms with E-state index in [1.54, 1.807) is 0 Å². The molecule has 0 spiro atoms. The van der Waals surface area contributed by atoms with Crippen molar-refractivity contribution < 1.29 is 0 Å². The summed E-state index contributed by atoms with van der Waals surface area (Å²) in [6.45, 7) is 2.24. The lowest BCUT2D eigenvalue weighted by Crippen LogP contribution is -2.20. The zero-order valence-corrected chi connectivity index (χ0v) is 9.98. The van der Waals surface area contributed by atoms with Crippen molar-refractivity contribution >= 4 is 11.8 Å². The quantitative estimate of drug-likeness (QED) is 0.642. The number of hydrogen-bond acceptors (Lipinski definition) is 2. The molecule has 0 radical (unpaired) electrons. The minimum atomic E-state index is 0.343. The third-order valence-electron chi connectivity index (χ3n) is 2.95. The van der Waals surface area contributed by atoms with Crippen molar-refractivity contribution in [2.75, 3.05) is 5.75 Å². The first-order chi connectivity index (χ1) is 6.88. The standard InChI is InChI=1S/C12H21NS/c1-2-3-6-9-14-12-8-5-4-7-11(12)10-13/h11-12H,2-9H2,1H3. The summed E-state index contributed by atoms with van der Waals surface area (Å²) in [6, 6.07) is 2.47. The second kappa shape index (κ2) is 7.17. The van der Waals surface area contributed by atoms with Crippen LogP contribution in [0.5, 0.6) is 0 Å². The molecule has 2 heteroatoms. The highest BCUT2D eigenvalue weighted by atomic mass is 32.2. The van der Waals surface area contributed by atoms with Crippen LogP contribution in [0.4, 0.5) is 0 Å². The summed E-state index contributed by atoms with van der Waals surface area (Å²) in [5.41, 5.74) is 0. The second-order valence-electron chi connectivity index (χ2n) is 4.14. The highest BCUT2D eigenvalue weighted by Crippen LogP contribution is 2.33. The molecule has 0 aromatic carbocycles. The van der Waals surface area contributed by atoms with Gasteiger partial charge in [0.1, 0.15) is 0 Å². The molecule has 0 N–H and O–H groups in total. The fraction of sp³-hybridized carbons (Fsp3) is 0.917. The van der Waals surface area contributed by atoms with Gasteiger partial charge in [-0.3, -0.25) is 0 Å². The van der Waals surface area contributed by atoms with Crippen molar-refractivity contribution in [3.8, 4) is 6.07 Å². The molecule has 1 saturated carbocycles. The second-order valence-corrected chi connectivity index (χ2v) is 5.48. The SMILES string of the molecule is CCCCCSC1CCCCC1C#N. The average Bonchev–Trinajstić information content (AvgIpc) is 2.25. The number of nitriles is 1. The minimum absolute atomic E-state index is 0.343. The van der Waals surface area contributed by atoms with Crippen LogP contribution in [-0.4, -0.2) is 11.0 Å². The van der Waals surface area contributed by atoms with Gasteiger partial charge in [0, 0.05) is 5.25 Å². The molecule has 1 nitrogen and oxygen atoms in total. The van der Waals surface area contributed by atoms with Gasteiger partial charge in [0.2, 0.25) is 0 Å². The molecular weight excluding hydrogens is 190 g/mol. The number of rotatable bonds is 5. The van der Waals surface area contributed by atoms with Crippen LogP contribution in [0.25, 0.3) is 0 Å². The van der Waals surface area contributed by atoms with Crippen LogP contribution in [0.15, 0.2) is 0 Å². The Balaban J connectivity index is 2.17. The maximum Gasteiger partial charge on any atom is 0.0667 e. The predicted molar refractivity (Wildman–Crippen MR) is 63.3 cm³/mol. The summed E-state index contributed by atoms with van der Waals surface area (Å²) >= 11 is 2.05. The molecule has 0 amide bonds. The highest BCUT2D eigenvalue weighted by Gasteiger charge is 2.24. The molecule has 1 aliphatic rings. The first-order valence-electron chi connectivity index (χ1n) is 5.89. The fourth-order valence-corrected chi connectivity index (χ4v) is 3.47. The van der Waals surface area contributed by atoms with E-state index in [-0.39, 0.29) is 0 Å². The lowest BCUT2D eigenvalue weighted by atomic mass is 9.90. The summed E-state index contributed by atoms with van der Waals surface area (Å²) in [5, 5.41) is 9.64. The van der Waals surface area contributed by atoms with Gasteiger partial charge in [-0.15, -0.1) is 0 Å². The zero-order chi connectivity index (χ0) is 10.2. The van der Waals surface area contributed by atoms with E-state index in [1.807, 2.05) is 11.8 Å². The van der Waals surface area contributed by atoms with E-state index >= 15 is 0 Å². The van der Waals surface area contributed by atoms with Gasteiger partial charge in [0.25, 0.3) is 0 Å². The van der Waals surface area contributed by atoms with Crippen LogP contribution >= 0.6 is 11.8 Å². The Morgan fingerprint density at radius 3 is 2.79 bits per heavy atom. The van der Waals surface area contributed by atoms with Crippen molar-refractivity contribution in [2.45, 2.75) is 57.1 Å². The van der Waals surface area contributed by atoms with E-state index in [0.29, 0.717) is 11.2 Å². The Morgan fingerprint density at radius 2 is 2.07 bits per heavy atom. The van der Waals surface area contributed by atoms with Crippen molar-refractivity contribution in [1.82, 2.24) is 0 Å². The van der Waals surface area contributed by atoms with E-state index in [9.17, 15) is 0 Å². The largest absolute Gasteiger partial charge is 0.198 e. The zero-order valence-electron chi connectivity index (χ0n) is 9.17. The topological polar surface area (TPSA) is 23.8 Å². The van der Waals surface area contributed by atoms with Crippen LogP contribution in [0, 0.1) is 17.2 Å². The molecule has 1 fully saturated rings. The first-order valence-corrected chi connectivity index (χ1v) is 6.94. The van der Waals surface area contributed by atoms with Crippen molar-refractivity contribution in [3.63, 3.8) is 0 Å². The molecule has 2 atom stereocenters. The summed E-state index contributed by atoms with van der Waals surface area (Å²) in [6.07, 6.45) is 8.99. The first kappa shape index (κ1) is 11.9. The van der Waals surface area contributed by atoms with E-state index in [4.69, 9.17) is 5.26 Å². The molecule has 0 saturated heterocycles. The molecule has 0 aromatic heterocycles. The molecule has 1 rings (SSSR count). The molecule has 1 aliphatic carbocycles. The summed E-state index contributed by atoms with van der Waals surface area (Å²) in [5.74, 6) is 1.60. The Hall–Kier alpha value is -0.160. The van der Waals surface area contributed by atoms with E-state index in [2.05, 4.69) is 13.0 Å². The van der Waals surface area contributed by atoms with Gasteiger partial charge in [-0.1, -0.05) is 32.6 Å². The smallest absolute Gasteiger partial charge is 0.0667 e. The van der Waals surface area contributed by atoms with Crippen LogP contribution in [0.2, 0.25) is 0 Å². The summed E-state index contributed by atoms with van der Waals surface area (Å²) in [7, 11) is 0. The predicted octanol–water partition coefficient (Wildman–Crippen LogP) is 3.99. The Bertz CT molecular complexity index is 185.